The van der Waals surface area contributed by atoms with Crippen molar-refractivity contribution in [3.8, 4) is 17.0 Å². The van der Waals surface area contributed by atoms with Crippen molar-refractivity contribution in [3.63, 3.8) is 0 Å². The molecule has 0 radical (unpaired) electrons. The lowest BCUT2D eigenvalue weighted by molar-refractivity contribution is -0.137. The first-order valence-electron chi connectivity index (χ1n) is 12.5. The Morgan fingerprint density at radius 2 is 1.84 bits per heavy atom. The van der Waals surface area contributed by atoms with Gasteiger partial charge in [-0.05, 0) is 79.9 Å². The smallest absolute Gasteiger partial charge is 0.417 e. The standard InChI is InChI=1S/C28H29F3N4O2S/c1-32-38-20-8-5-18(6-9-20)16-33-26(36)35-17-27(13-3-4-14-27)25-24(35)12-11-23(34-25)21-10-7-19(37-2)15-22(21)28(29,30)31/h5-12,15,32H,3-4,13-14,16-17H2,1-2H3,(H,33,36). The number of carbonyl (C=O) groups excluding carboxylic acids is 1. The number of amides is 2. The van der Waals surface area contributed by atoms with E-state index in [1.807, 2.05) is 31.3 Å². The van der Waals surface area contributed by atoms with E-state index in [1.54, 1.807) is 17.0 Å². The van der Waals surface area contributed by atoms with Crippen molar-refractivity contribution in [2.45, 2.75) is 48.7 Å². The van der Waals surface area contributed by atoms with Gasteiger partial charge in [0.25, 0.3) is 0 Å². The van der Waals surface area contributed by atoms with Crippen LogP contribution in [0.15, 0.2) is 59.5 Å². The fourth-order valence-electron chi connectivity index (χ4n) is 5.48. The maximum atomic E-state index is 13.9. The zero-order valence-corrected chi connectivity index (χ0v) is 22.0. The Morgan fingerprint density at radius 1 is 1.11 bits per heavy atom. The predicted molar refractivity (Wildman–Crippen MR) is 142 cm³/mol. The SMILES string of the molecule is CNSc1ccc(CNC(=O)N2CC3(CCCC3)c3nc(-c4ccc(OC)cc4C(F)(F)F)ccc32)cc1. The zero-order chi connectivity index (χ0) is 26.9. The van der Waals surface area contributed by atoms with Gasteiger partial charge >= 0.3 is 12.2 Å². The van der Waals surface area contributed by atoms with Crippen molar-refractivity contribution in [1.82, 2.24) is 15.0 Å². The molecular weight excluding hydrogens is 513 g/mol. The van der Waals surface area contributed by atoms with Crippen LogP contribution in [0.4, 0.5) is 23.7 Å². The molecular formula is C28H29F3N4O2S. The van der Waals surface area contributed by atoms with Gasteiger partial charge in [-0.25, -0.2) is 9.78 Å². The maximum Gasteiger partial charge on any atom is 0.417 e. The Labute approximate surface area is 224 Å². The molecule has 1 aliphatic heterocycles. The molecule has 2 aromatic carbocycles. The average molecular weight is 543 g/mol. The minimum Gasteiger partial charge on any atom is -0.497 e. The highest BCUT2D eigenvalue weighted by molar-refractivity contribution is 7.97. The molecule has 2 heterocycles. The number of hydrogen-bond acceptors (Lipinski definition) is 5. The van der Waals surface area contributed by atoms with E-state index in [9.17, 15) is 18.0 Å². The number of ether oxygens (including phenoxy) is 1. The van der Waals surface area contributed by atoms with Gasteiger partial charge in [0, 0.05) is 29.0 Å². The molecule has 1 aromatic heterocycles. The highest BCUT2D eigenvalue weighted by Gasteiger charge is 2.48. The molecule has 6 nitrogen and oxygen atoms in total. The molecule has 5 rings (SSSR count). The molecule has 2 amide bonds. The van der Waals surface area contributed by atoms with Crippen molar-refractivity contribution in [1.29, 1.82) is 0 Å². The monoisotopic (exact) mass is 542 g/mol. The van der Waals surface area contributed by atoms with Gasteiger partial charge in [0.2, 0.25) is 0 Å². The molecule has 1 fully saturated rings. The summed E-state index contributed by atoms with van der Waals surface area (Å²) >= 11 is 1.51. The van der Waals surface area contributed by atoms with E-state index >= 15 is 0 Å². The van der Waals surface area contributed by atoms with Crippen LogP contribution in [0.5, 0.6) is 5.75 Å². The number of alkyl halides is 3. The second-order valence-corrected chi connectivity index (χ2v) is 10.7. The number of fused-ring (bicyclic) bond motifs is 2. The van der Waals surface area contributed by atoms with E-state index < -0.39 is 11.7 Å². The van der Waals surface area contributed by atoms with Gasteiger partial charge in [-0.1, -0.05) is 25.0 Å². The molecule has 1 saturated carbocycles. The number of hydrogen-bond donors (Lipinski definition) is 2. The molecule has 38 heavy (non-hydrogen) atoms. The summed E-state index contributed by atoms with van der Waals surface area (Å²) in [6.45, 7) is 0.839. The van der Waals surface area contributed by atoms with Gasteiger partial charge in [0.05, 0.1) is 29.7 Å². The normalized spacial score (nSPS) is 16.1. The summed E-state index contributed by atoms with van der Waals surface area (Å²) in [6.07, 6.45) is -0.882. The number of nitrogens with zero attached hydrogens (tertiary/aromatic N) is 2. The van der Waals surface area contributed by atoms with Crippen LogP contribution in [-0.2, 0) is 18.1 Å². The molecule has 10 heteroatoms. The van der Waals surface area contributed by atoms with Gasteiger partial charge in [-0.15, -0.1) is 0 Å². The predicted octanol–water partition coefficient (Wildman–Crippen LogP) is 6.54. The summed E-state index contributed by atoms with van der Waals surface area (Å²) in [5, 5.41) is 3.00. The largest absolute Gasteiger partial charge is 0.497 e. The summed E-state index contributed by atoms with van der Waals surface area (Å²) in [5.74, 6) is 0.132. The van der Waals surface area contributed by atoms with Crippen molar-refractivity contribution >= 4 is 23.7 Å². The van der Waals surface area contributed by atoms with E-state index in [0.717, 1.165) is 42.2 Å². The van der Waals surface area contributed by atoms with E-state index in [4.69, 9.17) is 9.72 Å². The van der Waals surface area contributed by atoms with Crippen LogP contribution in [0, 0.1) is 0 Å². The third-order valence-corrected chi connectivity index (χ3v) is 8.04. The molecule has 1 aliphatic carbocycles. The molecule has 2 N–H and O–H groups in total. The number of nitrogens with one attached hydrogen (secondary N) is 2. The van der Waals surface area contributed by atoms with Crippen LogP contribution in [0.2, 0.25) is 0 Å². The molecule has 0 bridgehead atoms. The number of anilines is 1. The Balaban J connectivity index is 1.44. The topological polar surface area (TPSA) is 66.5 Å². The summed E-state index contributed by atoms with van der Waals surface area (Å²) in [4.78, 5) is 20.9. The number of urea groups is 1. The number of pyridine rings is 1. The summed E-state index contributed by atoms with van der Waals surface area (Å²) in [7, 11) is 3.19. The Kier molecular flexibility index (Phi) is 7.28. The van der Waals surface area contributed by atoms with E-state index in [0.29, 0.717) is 24.5 Å². The summed E-state index contributed by atoms with van der Waals surface area (Å²) < 4.78 is 49.8. The highest BCUT2D eigenvalue weighted by Crippen LogP contribution is 2.50. The number of carbonyl (C=O) groups is 1. The Bertz CT molecular complexity index is 1320. The van der Waals surface area contributed by atoms with E-state index in [1.165, 1.54) is 31.2 Å². The van der Waals surface area contributed by atoms with Gasteiger partial charge in [0.15, 0.2) is 0 Å². The van der Waals surface area contributed by atoms with Crippen molar-refractivity contribution in [2.24, 2.45) is 0 Å². The minimum absolute atomic E-state index is 0.00275. The molecule has 2 aliphatic rings. The first-order valence-corrected chi connectivity index (χ1v) is 13.3. The van der Waals surface area contributed by atoms with Crippen LogP contribution < -0.4 is 19.7 Å². The molecule has 0 unspecified atom stereocenters. The fourth-order valence-corrected chi connectivity index (χ4v) is 5.98. The highest BCUT2D eigenvalue weighted by atomic mass is 32.2. The number of aromatic nitrogens is 1. The molecule has 0 saturated heterocycles. The van der Waals surface area contributed by atoms with Crippen molar-refractivity contribution < 1.29 is 22.7 Å². The van der Waals surface area contributed by atoms with Crippen LogP contribution in [-0.4, -0.2) is 31.7 Å². The second kappa shape index (κ2) is 10.5. The molecule has 200 valence electrons. The van der Waals surface area contributed by atoms with Gasteiger partial charge in [0.1, 0.15) is 5.75 Å². The van der Waals surface area contributed by atoms with Crippen LogP contribution in [0.1, 0.15) is 42.5 Å². The number of halogens is 3. The van der Waals surface area contributed by atoms with Crippen molar-refractivity contribution in [3.05, 3.63) is 71.4 Å². The fraction of sp³-hybridized carbons (Fsp3) is 0.357. The van der Waals surface area contributed by atoms with Crippen molar-refractivity contribution in [2.75, 3.05) is 25.6 Å². The lowest BCUT2D eigenvalue weighted by Gasteiger charge is -2.24. The quantitative estimate of drug-likeness (QED) is 0.346. The minimum atomic E-state index is -4.56. The van der Waals surface area contributed by atoms with Crippen LogP contribution >= 0.6 is 11.9 Å². The Hall–Kier alpha value is -3.24. The van der Waals surface area contributed by atoms with Gasteiger partial charge in [-0.3, -0.25) is 9.62 Å². The van der Waals surface area contributed by atoms with Crippen LogP contribution in [0.25, 0.3) is 11.3 Å². The first-order chi connectivity index (χ1) is 18.2. The van der Waals surface area contributed by atoms with Gasteiger partial charge < -0.3 is 10.1 Å². The zero-order valence-electron chi connectivity index (χ0n) is 21.2. The lowest BCUT2D eigenvalue weighted by Crippen LogP contribution is -2.41. The molecule has 0 atom stereocenters. The van der Waals surface area contributed by atoms with E-state index in [-0.39, 0.29) is 28.5 Å². The third-order valence-electron chi connectivity index (χ3n) is 7.33. The summed E-state index contributed by atoms with van der Waals surface area (Å²) in [5.41, 5.74) is 1.44. The first kappa shape index (κ1) is 26.4. The third kappa shape index (κ3) is 5.07. The summed E-state index contributed by atoms with van der Waals surface area (Å²) in [6, 6.07) is 14.9. The lowest BCUT2D eigenvalue weighted by atomic mass is 9.84. The van der Waals surface area contributed by atoms with E-state index in [2.05, 4.69) is 10.0 Å². The maximum absolute atomic E-state index is 13.9. The molecule has 3 aromatic rings. The number of methoxy groups -OCH3 is 1. The average Bonchev–Trinajstić information content (AvgIpc) is 3.52. The van der Waals surface area contributed by atoms with Gasteiger partial charge in [-0.2, -0.15) is 13.2 Å². The Morgan fingerprint density at radius 3 is 2.50 bits per heavy atom. The second-order valence-electron chi connectivity index (χ2n) is 9.66. The van der Waals surface area contributed by atoms with Crippen LogP contribution in [0.3, 0.4) is 0 Å². The molecule has 1 spiro atoms. The number of rotatable bonds is 6. The number of benzene rings is 2.